The van der Waals surface area contributed by atoms with Crippen LogP contribution < -0.4 is 16.7 Å². The summed E-state index contributed by atoms with van der Waals surface area (Å²) >= 11 is 0. The zero-order chi connectivity index (χ0) is 14.9. The van der Waals surface area contributed by atoms with E-state index in [4.69, 9.17) is 5.73 Å². The van der Waals surface area contributed by atoms with Crippen molar-refractivity contribution in [3.8, 4) is 0 Å². The van der Waals surface area contributed by atoms with E-state index in [0.29, 0.717) is 13.1 Å². The summed E-state index contributed by atoms with van der Waals surface area (Å²) in [6, 6.07) is 7.51. The second-order valence-electron chi connectivity index (χ2n) is 5.72. The normalized spacial score (nSPS) is 16.4. The van der Waals surface area contributed by atoms with Crippen molar-refractivity contribution < 1.29 is 4.79 Å². The van der Waals surface area contributed by atoms with Gasteiger partial charge >= 0.3 is 5.69 Å². The number of hydrogen-bond acceptors (Lipinski definition) is 3. The van der Waals surface area contributed by atoms with Crippen molar-refractivity contribution in [3.05, 3.63) is 34.7 Å². The number of hydrogen-bond donors (Lipinski definition) is 3. The molecular formula is C15H21ClN4O2. The van der Waals surface area contributed by atoms with E-state index >= 15 is 0 Å². The van der Waals surface area contributed by atoms with Crippen molar-refractivity contribution in [2.24, 2.45) is 5.73 Å². The van der Waals surface area contributed by atoms with E-state index in [1.54, 1.807) is 4.57 Å². The molecule has 1 aliphatic carbocycles. The number of benzene rings is 1. The number of para-hydroxylation sites is 2. The van der Waals surface area contributed by atoms with E-state index in [1.165, 1.54) is 0 Å². The molecule has 1 saturated carbocycles. The summed E-state index contributed by atoms with van der Waals surface area (Å²) < 4.78 is 1.63. The summed E-state index contributed by atoms with van der Waals surface area (Å²) in [5.41, 5.74) is 6.87. The number of halogens is 1. The van der Waals surface area contributed by atoms with E-state index < -0.39 is 5.54 Å². The predicted octanol–water partition coefficient (Wildman–Crippen LogP) is 1.14. The molecule has 0 atom stereocenters. The summed E-state index contributed by atoms with van der Waals surface area (Å²) in [6.07, 6.45) is 3.50. The highest BCUT2D eigenvalue weighted by atomic mass is 35.5. The molecule has 1 aliphatic rings. The number of carbonyl (C=O) groups excluding carboxylic acids is 1. The molecule has 1 aromatic heterocycles. The number of rotatable bonds is 4. The molecule has 6 nitrogen and oxygen atoms in total. The van der Waals surface area contributed by atoms with Gasteiger partial charge in [0.15, 0.2) is 0 Å². The number of amides is 1. The van der Waals surface area contributed by atoms with Gasteiger partial charge in [-0.1, -0.05) is 25.0 Å². The lowest BCUT2D eigenvalue weighted by molar-refractivity contribution is -0.126. The van der Waals surface area contributed by atoms with Gasteiger partial charge in [0.05, 0.1) is 16.6 Å². The molecule has 22 heavy (non-hydrogen) atoms. The Balaban J connectivity index is 0.00000176. The minimum atomic E-state index is -0.717. The smallest absolute Gasteiger partial charge is 0.326 e. The minimum absolute atomic E-state index is 0. The Morgan fingerprint density at radius 3 is 2.73 bits per heavy atom. The van der Waals surface area contributed by atoms with Gasteiger partial charge in [-0.25, -0.2) is 4.79 Å². The largest absolute Gasteiger partial charge is 0.353 e. The van der Waals surface area contributed by atoms with Crippen LogP contribution in [-0.2, 0) is 11.3 Å². The van der Waals surface area contributed by atoms with Crippen LogP contribution >= 0.6 is 12.4 Å². The third kappa shape index (κ3) is 3.03. The number of nitrogens with two attached hydrogens (primary N) is 1. The number of nitrogens with one attached hydrogen (secondary N) is 2. The monoisotopic (exact) mass is 324 g/mol. The van der Waals surface area contributed by atoms with E-state index in [-0.39, 0.29) is 24.0 Å². The van der Waals surface area contributed by atoms with Gasteiger partial charge in [-0.2, -0.15) is 0 Å². The van der Waals surface area contributed by atoms with E-state index in [1.807, 2.05) is 24.3 Å². The number of H-pyrrole nitrogens is 1. The van der Waals surface area contributed by atoms with Gasteiger partial charge in [-0.15, -0.1) is 12.4 Å². The number of aromatic amines is 1. The number of nitrogens with zero attached hydrogens (tertiary/aromatic N) is 1. The highest BCUT2D eigenvalue weighted by Crippen LogP contribution is 2.27. The number of fused-ring (bicyclic) bond motifs is 1. The standard InChI is InChI=1S/C15H20N4O2.ClH/c16-15(7-3-4-8-15)13(20)17-9-10-19-12-6-2-1-5-11(12)18-14(19)21;/h1-2,5-6H,3-4,7-10,16H2,(H,17,20)(H,18,21);1H. The molecule has 7 heteroatoms. The average molecular weight is 325 g/mol. The van der Waals surface area contributed by atoms with Gasteiger partial charge in [-0.3, -0.25) is 9.36 Å². The van der Waals surface area contributed by atoms with Gasteiger partial charge < -0.3 is 16.0 Å². The average Bonchev–Trinajstić information content (AvgIpc) is 3.04. The van der Waals surface area contributed by atoms with Crippen LogP contribution in [0.4, 0.5) is 0 Å². The molecule has 1 fully saturated rings. The second kappa shape index (κ2) is 6.54. The first-order valence-electron chi connectivity index (χ1n) is 7.35. The lowest BCUT2D eigenvalue weighted by atomic mass is 9.98. The topological polar surface area (TPSA) is 92.9 Å². The first-order valence-corrected chi connectivity index (χ1v) is 7.35. The van der Waals surface area contributed by atoms with Gasteiger partial charge in [0.25, 0.3) is 0 Å². The summed E-state index contributed by atoms with van der Waals surface area (Å²) in [6.45, 7) is 0.838. The molecule has 120 valence electrons. The maximum atomic E-state index is 12.1. The van der Waals surface area contributed by atoms with Crippen molar-refractivity contribution in [2.45, 2.75) is 37.8 Å². The SMILES string of the molecule is Cl.NC1(C(=O)NCCn2c(=O)[nH]c3ccccc32)CCCC1. The summed E-state index contributed by atoms with van der Waals surface area (Å²) in [7, 11) is 0. The van der Waals surface area contributed by atoms with Crippen molar-refractivity contribution in [3.63, 3.8) is 0 Å². The maximum Gasteiger partial charge on any atom is 0.326 e. The van der Waals surface area contributed by atoms with E-state index in [9.17, 15) is 9.59 Å². The predicted molar refractivity (Wildman–Crippen MR) is 88.2 cm³/mol. The zero-order valence-electron chi connectivity index (χ0n) is 12.3. The molecule has 4 N–H and O–H groups in total. The highest BCUT2D eigenvalue weighted by Gasteiger charge is 2.36. The molecule has 0 radical (unpaired) electrons. The Morgan fingerprint density at radius 1 is 1.32 bits per heavy atom. The molecule has 0 aliphatic heterocycles. The molecule has 2 aromatic rings. The molecule has 1 amide bonds. The third-order valence-electron chi connectivity index (χ3n) is 4.25. The van der Waals surface area contributed by atoms with Crippen molar-refractivity contribution in [1.82, 2.24) is 14.9 Å². The molecule has 0 saturated heterocycles. The van der Waals surface area contributed by atoms with Crippen LogP contribution in [0.5, 0.6) is 0 Å². The molecule has 1 heterocycles. The van der Waals surface area contributed by atoms with Crippen LogP contribution in [0, 0.1) is 0 Å². The first kappa shape index (κ1) is 16.6. The number of imidazole rings is 1. The van der Waals surface area contributed by atoms with Crippen LogP contribution in [0.2, 0.25) is 0 Å². The molecule has 0 unspecified atom stereocenters. The van der Waals surface area contributed by atoms with Crippen molar-refractivity contribution in [1.29, 1.82) is 0 Å². The van der Waals surface area contributed by atoms with Crippen molar-refractivity contribution >= 4 is 29.3 Å². The fourth-order valence-electron chi connectivity index (χ4n) is 3.02. The Morgan fingerprint density at radius 2 is 2.00 bits per heavy atom. The Hall–Kier alpha value is -1.79. The van der Waals surface area contributed by atoms with Gasteiger partial charge in [-0.05, 0) is 25.0 Å². The molecule has 0 bridgehead atoms. The fourth-order valence-corrected chi connectivity index (χ4v) is 3.02. The highest BCUT2D eigenvalue weighted by molar-refractivity contribution is 5.86. The van der Waals surface area contributed by atoms with Crippen LogP contribution in [-0.4, -0.2) is 27.5 Å². The quantitative estimate of drug-likeness (QED) is 0.787. The minimum Gasteiger partial charge on any atom is -0.353 e. The van der Waals surface area contributed by atoms with Crippen LogP contribution in [0.15, 0.2) is 29.1 Å². The third-order valence-corrected chi connectivity index (χ3v) is 4.25. The van der Waals surface area contributed by atoms with Gasteiger partial charge in [0, 0.05) is 13.1 Å². The number of aromatic nitrogens is 2. The first-order chi connectivity index (χ1) is 10.1. The molecule has 0 spiro atoms. The van der Waals surface area contributed by atoms with Crippen LogP contribution in [0.25, 0.3) is 11.0 Å². The van der Waals surface area contributed by atoms with Crippen LogP contribution in [0.1, 0.15) is 25.7 Å². The number of carbonyl (C=O) groups is 1. The van der Waals surface area contributed by atoms with Crippen LogP contribution in [0.3, 0.4) is 0 Å². The Bertz CT molecular complexity index is 716. The molecular weight excluding hydrogens is 304 g/mol. The van der Waals surface area contributed by atoms with Gasteiger partial charge in [0.2, 0.25) is 5.91 Å². The zero-order valence-corrected chi connectivity index (χ0v) is 13.1. The Kier molecular flexibility index (Phi) is 4.93. The Labute approximate surface area is 134 Å². The van der Waals surface area contributed by atoms with Crippen molar-refractivity contribution in [2.75, 3.05) is 6.54 Å². The van der Waals surface area contributed by atoms with E-state index in [2.05, 4.69) is 10.3 Å². The molecule has 3 rings (SSSR count). The molecule has 1 aromatic carbocycles. The lowest BCUT2D eigenvalue weighted by Crippen LogP contribution is -2.52. The van der Waals surface area contributed by atoms with E-state index in [0.717, 1.165) is 36.7 Å². The summed E-state index contributed by atoms with van der Waals surface area (Å²) in [5, 5.41) is 2.86. The lowest BCUT2D eigenvalue weighted by Gasteiger charge is -2.22. The fraction of sp³-hybridized carbons (Fsp3) is 0.467. The summed E-state index contributed by atoms with van der Waals surface area (Å²) in [4.78, 5) is 26.8. The second-order valence-corrected chi connectivity index (χ2v) is 5.72. The maximum absolute atomic E-state index is 12.1. The summed E-state index contributed by atoms with van der Waals surface area (Å²) in [5.74, 6) is -0.104. The van der Waals surface area contributed by atoms with Gasteiger partial charge in [0.1, 0.15) is 0 Å².